The first kappa shape index (κ1) is 23.8. The van der Waals surface area contributed by atoms with E-state index >= 15 is 0 Å². The van der Waals surface area contributed by atoms with E-state index in [2.05, 4.69) is 15.5 Å². The van der Waals surface area contributed by atoms with Gasteiger partial charge in [-0.25, -0.2) is 4.79 Å². The SMILES string of the molecule is O=C(O)Cn1cnnc1SCC1=C(C(=O)O)N2C(=O)C(NC(=O)[C@H](O)c3ccccc3)[C@H]2SC1. The number of aliphatic hydroxyl groups is 1. The Morgan fingerprint density at radius 3 is 2.65 bits per heavy atom. The van der Waals surface area contributed by atoms with Gasteiger partial charge >= 0.3 is 11.9 Å². The molecule has 1 fully saturated rings. The number of benzene rings is 1. The third kappa shape index (κ3) is 4.64. The predicted octanol–water partition coefficient (Wildman–Crippen LogP) is -0.0730. The van der Waals surface area contributed by atoms with E-state index in [0.29, 0.717) is 16.3 Å². The third-order valence-corrected chi connectivity index (χ3v) is 7.58. The second-order valence-corrected chi connectivity index (χ2v) is 9.44. The second-order valence-electron chi connectivity index (χ2n) is 7.39. The number of β-lactam (4-membered cyclic amide) rings is 1. The lowest BCUT2D eigenvalue weighted by Gasteiger charge is -2.49. The molecular weight excluding hydrogens is 486 g/mol. The van der Waals surface area contributed by atoms with Crippen LogP contribution in [0.3, 0.4) is 0 Å². The smallest absolute Gasteiger partial charge is 0.352 e. The van der Waals surface area contributed by atoms with Gasteiger partial charge in [0.15, 0.2) is 11.3 Å². The number of thioether (sulfide) groups is 2. The number of aliphatic hydroxyl groups excluding tert-OH is 1. The van der Waals surface area contributed by atoms with E-state index in [1.165, 1.54) is 22.7 Å². The molecule has 12 nitrogen and oxygen atoms in total. The van der Waals surface area contributed by atoms with E-state index in [4.69, 9.17) is 5.11 Å². The summed E-state index contributed by atoms with van der Waals surface area (Å²) >= 11 is 2.41. The van der Waals surface area contributed by atoms with E-state index in [1.807, 2.05) is 0 Å². The van der Waals surface area contributed by atoms with Crippen LogP contribution < -0.4 is 5.32 Å². The average Bonchev–Trinajstić information content (AvgIpc) is 3.26. The van der Waals surface area contributed by atoms with Crippen LogP contribution in [-0.2, 0) is 25.7 Å². The standard InChI is InChI=1S/C20H19N5O7S2/c26-12(27)6-24-9-21-23-20(24)34-8-11-7-33-18-13(17(30)25(18)14(11)19(31)32)22-16(29)15(28)10-4-2-1-3-5-10/h1-5,9,13,15,18,28H,6-8H2,(H,22,29)(H,26,27)(H,31,32)/t13?,15-,18-/m1/s1. The van der Waals surface area contributed by atoms with Gasteiger partial charge in [-0.05, 0) is 11.1 Å². The molecule has 0 spiro atoms. The van der Waals surface area contributed by atoms with E-state index in [0.717, 1.165) is 16.7 Å². The number of carboxylic acid groups (broad SMARTS) is 2. The number of nitrogens with one attached hydrogen (secondary N) is 1. The molecule has 3 atom stereocenters. The van der Waals surface area contributed by atoms with Crippen LogP contribution in [0.2, 0.25) is 0 Å². The Bertz CT molecular complexity index is 1170. The van der Waals surface area contributed by atoms with Crippen molar-refractivity contribution in [2.75, 3.05) is 11.5 Å². The summed E-state index contributed by atoms with van der Waals surface area (Å²) in [7, 11) is 0. The Kier molecular flexibility index (Phi) is 6.90. The van der Waals surface area contributed by atoms with Crippen LogP contribution in [0.15, 0.2) is 53.1 Å². The quantitative estimate of drug-likeness (QED) is 0.265. The number of fused-ring (bicyclic) bond motifs is 1. The van der Waals surface area contributed by atoms with Gasteiger partial charge in [-0.3, -0.25) is 23.9 Å². The maximum Gasteiger partial charge on any atom is 0.352 e. The summed E-state index contributed by atoms with van der Waals surface area (Å²) in [6.45, 7) is -0.336. The molecule has 4 rings (SSSR count). The fraction of sp³-hybridized carbons (Fsp3) is 0.300. The Hall–Kier alpha value is -3.36. The number of nitrogens with zero attached hydrogens (tertiary/aromatic N) is 4. The summed E-state index contributed by atoms with van der Waals surface area (Å²) in [6.07, 6.45) is -0.189. The maximum absolute atomic E-state index is 12.8. The fourth-order valence-corrected chi connectivity index (χ4v) is 5.97. The minimum Gasteiger partial charge on any atom is -0.480 e. The van der Waals surface area contributed by atoms with Crippen molar-refractivity contribution >= 4 is 47.3 Å². The van der Waals surface area contributed by atoms with E-state index in [9.17, 15) is 29.4 Å². The molecule has 178 valence electrons. The summed E-state index contributed by atoms with van der Waals surface area (Å²) < 4.78 is 1.32. The Morgan fingerprint density at radius 2 is 1.97 bits per heavy atom. The third-order valence-electron chi connectivity index (χ3n) is 5.17. The highest BCUT2D eigenvalue weighted by molar-refractivity contribution is 8.01. The number of aromatic nitrogens is 3. The molecule has 0 bridgehead atoms. The number of carbonyl (C=O) groups is 4. The number of hydrogen-bond acceptors (Lipinski definition) is 9. The lowest BCUT2D eigenvalue weighted by molar-refractivity contribution is -0.151. The highest BCUT2D eigenvalue weighted by Crippen LogP contribution is 2.41. The van der Waals surface area contributed by atoms with Gasteiger partial charge in [-0.2, -0.15) is 0 Å². The van der Waals surface area contributed by atoms with Gasteiger partial charge in [0.05, 0.1) is 0 Å². The molecule has 34 heavy (non-hydrogen) atoms. The number of aliphatic carboxylic acids is 2. The molecule has 2 aromatic rings. The van der Waals surface area contributed by atoms with Crippen LogP contribution in [0.5, 0.6) is 0 Å². The summed E-state index contributed by atoms with van der Waals surface area (Å²) in [5.74, 6) is -3.24. The highest BCUT2D eigenvalue weighted by atomic mass is 32.2. The molecule has 2 aliphatic heterocycles. The minimum absolute atomic E-state index is 0.160. The van der Waals surface area contributed by atoms with Crippen LogP contribution in [0.25, 0.3) is 0 Å². The molecule has 1 unspecified atom stereocenters. The van der Waals surface area contributed by atoms with Gasteiger partial charge in [-0.1, -0.05) is 42.1 Å². The molecule has 2 aliphatic rings. The van der Waals surface area contributed by atoms with Crippen LogP contribution in [-0.4, -0.2) is 81.7 Å². The zero-order chi connectivity index (χ0) is 24.4. The molecule has 14 heteroatoms. The molecule has 0 saturated carbocycles. The summed E-state index contributed by atoms with van der Waals surface area (Å²) in [5.41, 5.74) is 0.673. The van der Waals surface area contributed by atoms with Crippen LogP contribution >= 0.6 is 23.5 Å². The number of rotatable bonds is 9. The molecule has 3 heterocycles. The lowest BCUT2D eigenvalue weighted by atomic mass is 10.0. The average molecular weight is 506 g/mol. The fourth-order valence-electron chi connectivity index (χ4n) is 3.58. The van der Waals surface area contributed by atoms with Crippen molar-refractivity contribution in [1.29, 1.82) is 0 Å². The second kappa shape index (κ2) is 9.87. The number of amides is 2. The lowest BCUT2D eigenvalue weighted by Crippen LogP contribution is -2.70. The van der Waals surface area contributed by atoms with Gasteiger partial charge < -0.3 is 20.6 Å². The van der Waals surface area contributed by atoms with Gasteiger partial charge in [0.25, 0.3) is 11.8 Å². The van der Waals surface area contributed by atoms with Gasteiger partial charge in [0, 0.05) is 11.5 Å². The highest BCUT2D eigenvalue weighted by Gasteiger charge is 2.54. The summed E-state index contributed by atoms with van der Waals surface area (Å²) in [4.78, 5) is 49.3. The topological polar surface area (TPSA) is 175 Å². The molecule has 4 N–H and O–H groups in total. The number of carbonyl (C=O) groups excluding carboxylic acids is 2. The van der Waals surface area contributed by atoms with Crippen molar-refractivity contribution in [2.24, 2.45) is 0 Å². The summed E-state index contributed by atoms with van der Waals surface area (Å²) in [5, 5.41) is 38.7. The van der Waals surface area contributed by atoms with Crippen molar-refractivity contribution in [3.05, 3.63) is 53.5 Å². The van der Waals surface area contributed by atoms with Gasteiger partial charge in [0.1, 0.15) is 30.0 Å². The maximum atomic E-state index is 12.8. The summed E-state index contributed by atoms with van der Waals surface area (Å²) in [6, 6.07) is 7.30. The van der Waals surface area contributed by atoms with E-state index < -0.39 is 41.3 Å². The van der Waals surface area contributed by atoms with Gasteiger partial charge in [0.2, 0.25) is 0 Å². The van der Waals surface area contributed by atoms with Crippen LogP contribution in [0.4, 0.5) is 0 Å². The van der Waals surface area contributed by atoms with Gasteiger partial charge in [-0.15, -0.1) is 22.0 Å². The first-order chi connectivity index (χ1) is 16.3. The molecule has 0 radical (unpaired) electrons. The van der Waals surface area contributed by atoms with Crippen LogP contribution in [0, 0.1) is 0 Å². The molecule has 1 saturated heterocycles. The Balaban J connectivity index is 1.45. The molecule has 1 aromatic heterocycles. The monoisotopic (exact) mass is 505 g/mol. The normalized spacial score (nSPS) is 20.4. The molecule has 2 amide bonds. The zero-order valence-electron chi connectivity index (χ0n) is 17.4. The van der Waals surface area contributed by atoms with E-state index in [-0.39, 0.29) is 23.7 Å². The predicted molar refractivity (Wildman–Crippen MR) is 119 cm³/mol. The van der Waals surface area contributed by atoms with Crippen molar-refractivity contribution in [1.82, 2.24) is 25.0 Å². The Labute approximate surface area is 201 Å². The van der Waals surface area contributed by atoms with E-state index in [1.54, 1.807) is 30.3 Å². The van der Waals surface area contributed by atoms with Crippen molar-refractivity contribution in [2.45, 2.75) is 29.2 Å². The first-order valence-corrected chi connectivity index (χ1v) is 12.0. The van der Waals surface area contributed by atoms with Crippen molar-refractivity contribution in [3.8, 4) is 0 Å². The molecule has 1 aromatic carbocycles. The molecular formula is C20H19N5O7S2. The zero-order valence-corrected chi connectivity index (χ0v) is 19.0. The largest absolute Gasteiger partial charge is 0.480 e. The molecule has 0 aliphatic carbocycles. The van der Waals surface area contributed by atoms with Crippen molar-refractivity contribution in [3.63, 3.8) is 0 Å². The minimum atomic E-state index is -1.46. The Morgan fingerprint density at radius 1 is 1.24 bits per heavy atom. The first-order valence-electron chi connectivity index (χ1n) is 9.93. The number of hydrogen-bond donors (Lipinski definition) is 4. The van der Waals surface area contributed by atoms with Crippen LogP contribution in [0.1, 0.15) is 11.7 Å². The van der Waals surface area contributed by atoms with Crippen molar-refractivity contribution < 1.29 is 34.5 Å². The number of carboxylic acids is 2.